The second-order valence-electron chi connectivity index (χ2n) is 3.21. The molecule has 0 saturated heterocycles. The molecule has 2 amide bonds. The van der Waals surface area contributed by atoms with Crippen LogP contribution in [0.4, 0.5) is 10.6 Å². The van der Waals surface area contributed by atoms with Gasteiger partial charge in [0.25, 0.3) is 0 Å². The molecule has 0 saturated carbocycles. The molecule has 1 aliphatic heterocycles. The van der Waals surface area contributed by atoms with Crippen LogP contribution in [0.5, 0.6) is 0 Å². The van der Waals surface area contributed by atoms with Crippen LogP contribution in [0.2, 0.25) is 0 Å². The number of hydrogen-bond donors (Lipinski definition) is 3. The highest BCUT2D eigenvalue weighted by molar-refractivity contribution is 5.98. The summed E-state index contributed by atoms with van der Waals surface area (Å²) in [5, 5.41) is 13.2. The van der Waals surface area contributed by atoms with Gasteiger partial charge in [0.2, 0.25) is 5.91 Å². The first-order chi connectivity index (χ1) is 7.16. The zero-order valence-electron chi connectivity index (χ0n) is 7.73. The summed E-state index contributed by atoms with van der Waals surface area (Å²) in [5.74, 6) is 0.134. The number of carboxylic acid groups (broad SMARTS) is 1. The second kappa shape index (κ2) is 3.56. The standard InChI is InChI=1S/C9H9N3O3/c13-8-6(11-9(14)15)4-5-2-1-3-10-7(5)12-8/h1-3,6,11H,4H2,(H,14,15)(H,10,12,13). The van der Waals surface area contributed by atoms with Crippen molar-refractivity contribution in [1.29, 1.82) is 0 Å². The largest absolute Gasteiger partial charge is 0.465 e. The molecule has 1 aromatic rings. The molecule has 6 heteroatoms. The first-order valence-corrected chi connectivity index (χ1v) is 4.41. The maximum absolute atomic E-state index is 11.4. The Morgan fingerprint density at radius 2 is 2.47 bits per heavy atom. The predicted octanol–water partition coefficient (Wildman–Crippen LogP) is 0.212. The van der Waals surface area contributed by atoms with E-state index in [1.807, 2.05) is 0 Å². The molecule has 0 radical (unpaired) electrons. The van der Waals surface area contributed by atoms with Gasteiger partial charge in [-0.1, -0.05) is 6.07 Å². The van der Waals surface area contributed by atoms with Crippen molar-refractivity contribution in [2.24, 2.45) is 0 Å². The maximum Gasteiger partial charge on any atom is 0.405 e. The highest BCUT2D eigenvalue weighted by atomic mass is 16.4. The van der Waals surface area contributed by atoms with Crippen molar-refractivity contribution in [2.75, 3.05) is 5.32 Å². The fourth-order valence-electron chi connectivity index (χ4n) is 1.50. The summed E-state index contributed by atoms with van der Waals surface area (Å²) in [6.45, 7) is 0. The van der Waals surface area contributed by atoms with Crippen LogP contribution in [0.25, 0.3) is 0 Å². The molecule has 0 aromatic carbocycles. The van der Waals surface area contributed by atoms with Gasteiger partial charge < -0.3 is 15.7 Å². The Hall–Kier alpha value is -2.11. The third-order valence-electron chi connectivity index (χ3n) is 2.17. The summed E-state index contributed by atoms with van der Waals surface area (Å²) in [7, 11) is 0. The van der Waals surface area contributed by atoms with Gasteiger partial charge in [0.05, 0.1) is 0 Å². The fraction of sp³-hybridized carbons (Fsp3) is 0.222. The Labute approximate surface area is 85.3 Å². The topological polar surface area (TPSA) is 91.3 Å². The highest BCUT2D eigenvalue weighted by Gasteiger charge is 2.27. The van der Waals surface area contributed by atoms with Gasteiger partial charge in [0, 0.05) is 12.6 Å². The summed E-state index contributed by atoms with van der Waals surface area (Å²) in [6, 6.07) is 2.81. The Kier molecular flexibility index (Phi) is 2.24. The average molecular weight is 207 g/mol. The maximum atomic E-state index is 11.4. The van der Waals surface area contributed by atoms with Gasteiger partial charge in [0.1, 0.15) is 11.9 Å². The predicted molar refractivity (Wildman–Crippen MR) is 51.5 cm³/mol. The first-order valence-electron chi connectivity index (χ1n) is 4.41. The molecule has 78 valence electrons. The number of fused-ring (bicyclic) bond motifs is 1. The van der Waals surface area contributed by atoms with Crippen LogP contribution in [0.15, 0.2) is 18.3 Å². The zero-order chi connectivity index (χ0) is 10.8. The SMILES string of the molecule is O=C(O)NC1Cc2cccnc2NC1=O. The van der Waals surface area contributed by atoms with Crippen LogP contribution in [-0.2, 0) is 11.2 Å². The number of anilines is 1. The fourth-order valence-corrected chi connectivity index (χ4v) is 1.50. The summed E-state index contributed by atoms with van der Waals surface area (Å²) >= 11 is 0. The van der Waals surface area contributed by atoms with Gasteiger partial charge >= 0.3 is 6.09 Å². The van der Waals surface area contributed by atoms with Crippen LogP contribution in [-0.4, -0.2) is 28.1 Å². The van der Waals surface area contributed by atoms with Gasteiger partial charge in [-0.05, 0) is 11.6 Å². The molecule has 1 aliphatic rings. The minimum Gasteiger partial charge on any atom is -0.465 e. The van der Waals surface area contributed by atoms with Crippen molar-refractivity contribution in [3.8, 4) is 0 Å². The molecular weight excluding hydrogens is 198 g/mol. The van der Waals surface area contributed by atoms with E-state index >= 15 is 0 Å². The third kappa shape index (κ3) is 1.88. The van der Waals surface area contributed by atoms with Crippen molar-refractivity contribution in [3.63, 3.8) is 0 Å². The molecule has 1 aromatic heterocycles. The molecule has 0 fully saturated rings. The summed E-state index contributed by atoms with van der Waals surface area (Å²) < 4.78 is 0. The van der Waals surface area contributed by atoms with E-state index in [0.29, 0.717) is 12.2 Å². The lowest BCUT2D eigenvalue weighted by atomic mass is 10.0. The van der Waals surface area contributed by atoms with Crippen molar-refractivity contribution in [2.45, 2.75) is 12.5 Å². The second-order valence-corrected chi connectivity index (χ2v) is 3.21. The summed E-state index contributed by atoms with van der Waals surface area (Å²) in [4.78, 5) is 25.8. The number of carbonyl (C=O) groups excluding carboxylic acids is 1. The van der Waals surface area contributed by atoms with E-state index in [4.69, 9.17) is 5.11 Å². The number of nitrogens with one attached hydrogen (secondary N) is 2. The van der Waals surface area contributed by atoms with Gasteiger partial charge in [-0.3, -0.25) is 4.79 Å². The third-order valence-corrected chi connectivity index (χ3v) is 2.17. The van der Waals surface area contributed by atoms with Gasteiger partial charge in [-0.25, -0.2) is 9.78 Å². The average Bonchev–Trinajstić information content (AvgIpc) is 2.18. The van der Waals surface area contributed by atoms with Crippen LogP contribution in [0.1, 0.15) is 5.56 Å². The van der Waals surface area contributed by atoms with Crippen molar-refractivity contribution >= 4 is 17.8 Å². The Bertz CT molecular complexity index is 419. The molecule has 6 nitrogen and oxygen atoms in total. The molecule has 0 aliphatic carbocycles. The smallest absolute Gasteiger partial charge is 0.405 e. The molecule has 0 spiro atoms. The van der Waals surface area contributed by atoms with Gasteiger partial charge in [-0.15, -0.1) is 0 Å². The minimum atomic E-state index is -1.21. The number of hydrogen-bond acceptors (Lipinski definition) is 3. The van der Waals surface area contributed by atoms with E-state index in [9.17, 15) is 9.59 Å². The van der Waals surface area contributed by atoms with E-state index < -0.39 is 12.1 Å². The monoisotopic (exact) mass is 207 g/mol. The number of pyridine rings is 1. The first kappa shape index (κ1) is 9.45. The lowest BCUT2D eigenvalue weighted by Gasteiger charge is -2.23. The Balaban J connectivity index is 2.22. The molecule has 15 heavy (non-hydrogen) atoms. The van der Waals surface area contributed by atoms with Crippen LogP contribution in [0.3, 0.4) is 0 Å². The van der Waals surface area contributed by atoms with Crippen LogP contribution in [0, 0.1) is 0 Å². The number of amides is 2. The van der Waals surface area contributed by atoms with E-state index in [1.165, 1.54) is 0 Å². The number of nitrogens with zero attached hydrogens (tertiary/aromatic N) is 1. The number of aromatic nitrogens is 1. The molecule has 0 bridgehead atoms. The van der Waals surface area contributed by atoms with Crippen LogP contribution < -0.4 is 10.6 Å². The summed E-state index contributed by atoms with van der Waals surface area (Å²) in [5.41, 5.74) is 0.829. The van der Waals surface area contributed by atoms with Crippen molar-refractivity contribution < 1.29 is 14.7 Å². The van der Waals surface area contributed by atoms with Crippen molar-refractivity contribution in [3.05, 3.63) is 23.9 Å². The van der Waals surface area contributed by atoms with E-state index in [-0.39, 0.29) is 5.91 Å². The molecule has 2 rings (SSSR count). The molecule has 2 heterocycles. The minimum absolute atomic E-state index is 0.335. The quantitative estimate of drug-likeness (QED) is 0.614. The summed E-state index contributed by atoms with van der Waals surface area (Å²) in [6.07, 6.45) is 0.702. The molecule has 1 atom stereocenters. The van der Waals surface area contributed by atoms with Crippen molar-refractivity contribution in [1.82, 2.24) is 10.3 Å². The lowest BCUT2D eigenvalue weighted by Crippen LogP contribution is -2.47. The number of carbonyl (C=O) groups is 2. The highest BCUT2D eigenvalue weighted by Crippen LogP contribution is 2.18. The Morgan fingerprint density at radius 3 is 3.20 bits per heavy atom. The molecule has 3 N–H and O–H groups in total. The Morgan fingerprint density at radius 1 is 1.67 bits per heavy atom. The van der Waals surface area contributed by atoms with Crippen LogP contribution >= 0.6 is 0 Å². The van der Waals surface area contributed by atoms with Gasteiger partial charge in [0.15, 0.2) is 0 Å². The van der Waals surface area contributed by atoms with E-state index in [1.54, 1.807) is 18.3 Å². The lowest BCUT2D eigenvalue weighted by molar-refractivity contribution is -0.118. The normalized spacial score (nSPS) is 18.9. The number of rotatable bonds is 1. The van der Waals surface area contributed by atoms with E-state index in [0.717, 1.165) is 5.56 Å². The zero-order valence-corrected chi connectivity index (χ0v) is 7.73. The molecular formula is C9H9N3O3. The van der Waals surface area contributed by atoms with Gasteiger partial charge in [-0.2, -0.15) is 0 Å². The molecule has 1 unspecified atom stereocenters. The van der Waals surface area contributed by atoms with E-state index in [2.05, 4.69) is 15.6 Å².